The average molecular weight is 229 g/mol. The molecule has 16 heavy (non-hydrogen) atoms. The van der Waals surface area contributed by atoms with Crippen molar-refractivity contribution in [2.75, 3.05) is 13.3 Å². The van der Waals surface area contributed by atoms with Crippen molar-refractivity contribution in [2.45, 2.75) is 26.2 Å². The Morgan fingerprint density at radius 2 is 1.94 bits per heavy atom. The van der Waals surface area contributed by atoms with E-state index in [0.29, 0.717) is 0 Å². The summed E-state index contributed by atoms with van der Waals surface area (Å²) < 4.78 is 9.34. The molecule has 0 aliphatic heterocycles. The van der Waals surface area contributed by atoms with Crippen LogP contribution in [0.1, 0.15) is 26.2 Å². The van der Waals surface area contributed by atoms with Crippen molar-refractivity contribution in [2.24, 2.45) is 5.92 Å². The Bertz CT molecular complexity index is 285. The first-order valence-electron chi connectivity index (χ1n) is 5.22. The Balaban J connectivity index is 2.05. The summed E-state index contributed by atoms with van der Waals surface area (Å²) in [6.07, 6.45) is 1.36. The SMILES string of the molecule is CCOC(=O)CC(=O)NCOC(=O)C1CC1. The van der Waals surface area contributed by atoms with Gasteiger partial charge in [0.1, 0.15) is 6.42 Å². The van der Waals surface area contributed by atoms with Crippen LogP contribution in [0.3, 0.4) is 0 Å². The van der Waals surface area contributed by atoms with Crippen molar-refractivity contribution in [3.05, 3.63) is 0 Å². The van der Waals surface area contributed by atoms with Gasteiger partial charge in [-0.2, -0.15) is 0 Å². The van der Waals surface area contributed by atoms with Gasteiger partial charge in [-0.15, -0.1) is 0 Å². The van der Waals surface area contributed by atoms with E-state index in [9.17, 15) is 14.4 Å². The summed E-state index contributed by atoms with van der Waals surface area (Å²) in [5.41, 5.74) is 0. The number of hydrogen-bond acceptors (Lipinski definition) is 5. The fourth-order valence-corrected chi connectivity index (χ4v) is 1.03. The molecule has 1 rings (SSSR count). The number of carbonyl (C=O) groups is 3. The maximum Gasteiger partial charge on any atom is 0.315 e. The highest BCUT2D eigenvalue weighted by Crippen LogP contribution is 2.29. The molecule has 0 aromatic carbocycles. The van der Waals surface area contributed by atoms with Crippen LogP contribution in [0.25, 0.3) is 0 Å². The van der Waals surface area contributed by atoms with Gasteiger partial charge >= 0.3 is 11.9 Å². The number of esters is 2. The van der Waals surface area contributed by atoms with Crippen molar-refractivity contribution >= 4 is 17.8 Å². The second kappa shape index (κ2) is 6.09. The summed E-state index contributed by atoms with van der Waals surface area (Å²) in [5, 5.41) is 2.30. The highest BCUT2D eigenvalue weighted by atomic mass is 16.5. The molecule has 6 nitrogen and oxygen atoms in total. The first-order valence-corrected chi connectivity index (χ1v) is 5.22. The number of hydrogen-bond donors (Lipinski definition) is 1. The van der Waals surface area contributed by atoms with Crippen LogP contribution in [0, 0.1) is 5.92 Å². The minimum absolute atomic E-state index is 0.00181. The molecule has 0 spiro atoms. The number of amides is 1. The Kier molecular flexibility index (Phi) is 4.75. The van der Waals surface area contributed by atoms with Gasteiger partial charge in [0, 0.05) is 0 Å². The Labute approximate surface area is 93.3 Å². The van der Waals surface area contributed by atoms with Crippen molar-refractivity contribution in [3.63, 3.8) is 0 Å². The lowest BCUT2D eigenvalue weighted by Crippen LogP contribution is -2.30. The fourth-order valence-electron chi connectivity index (χ4n) is 1.03. The minimum Gasteiger partial charge on any atom is -0.466 e. The maximum atomic E-state index is 11.1. The van der Waals surface area contributed by atoms with Gasteiger partial charge in [0.15, 0.2) is 6.73 Å². The summed E-state index contributed by atoms with van der Waals surface area (Å²) in [6.45, 7) is 1.71. The summed E-state index contributed by atoms with van der Waals surface area (Å²) in [6, 6.07) is 0. The maximum absolute atomic E-state index is 11.1. The van der Waals surface area contributed by atoms with Gasteiger partial charge in [0.05, 0.1) is 12.5 Å². The summed E-state index contributed by atoms with van der Waals surface area (Å²) in [4.78, 5) is 33.0. The summed E-state index contributed by atoms with van der Waals surface area (Å²) in [7, 11) is 0. The van der Waals surface area contributed by atoms with Gasteiger partial charge in [0.25, 0.3) is 0 Å². The number of ether oxygens (including phenoxy) is 2. The van der Waals surface area contributed by atoms with Gasteiger partial charge < -0.3 is 14.8 Å². The van der Waals surface area contributed by atoms with Gasteiger partial charge in [-0.05, 0) is 19.8 Å². The van der Waals surface area contributed by atoms with E-state index < -0.39 is 11.9 Å². The average Bonchev–Trinajstić information content (AvgIpc) is 3.00. The molecule has 0 heterocycles. The van der Waals surface area contributed by atoms with Gasteiger partial charge in [0.2, 0.25) is 5.91 Å². The molecule has 0 aromatic heterocycles. The highest BCUT2D eigenvalue weighted by Gasteiger charge is 2.31. The molecule has 0 unspecified atom stereocenters. The quantitative estimate of drug-likeness (QED) is 0.393. The van der Waals surface area contributed by atoms with E-state index in [-0.39, 0.29) is 31.6 Å². The van der Waals surface area contributed by atoms with Crippen molar-refractivity contribution in [1.82, 2.24) is 5.32 Å². The van der Waals surface area contributed by atoms with Gasteiger partial charge in [-0.25, -0.2) is 0 Å². The van der Waals surface area contributed by atoms with Crippen molar-refractivity contribution in [3.8, 4) is 0 Å². The second-order valence-corrected chi connectivity index (χ2v) is 3.46. The molecule has 90 valence electrons. The lowest BCUT2D eigenvalue weighted by Gasteiger charge is -2.05. The molecule has 0 aromatic rings. The van der Waals surface area contributed by atoms with Crippen LogP contribution < -0.4 is 5.32 Å². The van der Waals surface area contributed by atoms with Crippen LogP contribution in [0.2, 0.25) is 0 Å². The predicted octanol–water partition coefficient (Wildman–Crippen LogP) is -0.0335. The monoisotopic (exact) mass is 229 g/mol. The van der Waals surface area contributed by atoms with Crippen LogP contribution in [-0.2, 0) is 23.9 Å². The van der Waals surface area contributed by atoms with Crippen LogP contribution in [0.5, 0.6) is 0 Å². The third kappa shape index (κ3) is 4.77. The molecule has 1 saturated carbocycles. The topological polar surface area (TPSA) is 81.7 Å². The minimum atomic E-state index is -0.589. The molecule has 1 aliphatic rings. The van der Waals surface area contributed by atoms with E-state index >= 15 is 0 Å². The van der Waals surface area contributed by atoms with E-state index in [4.69, 9.17) is 4.74 Å². The fraction of sp³-hybridized carbons (Fsp3) is 0.700. The zero-order chi connectivity index (χ0) is 12.0. The molecular weight excluding hydrogens is 214 g/mol. The Hall–Kier alpha value is -1.59. The largest absolute Gasteiger partial charge is 0.466 e. The van der Waals surface area contributed by atoms with Gasteiger partial charge in [-0.1, -0.05) is 0 Å². The third-order valence-corrected chi connectivity index (χ3v) is 2.00. The first kappa shape index (κ1) is 12.5. The van der Waals surface area contributed by atoms with E-state index in [1.54, 1.807) is 6.92 Å². The van der Waals surface area contributed by atoms with Crippen LogP contribution >= 0.6 is 0 Å². The normalized spacial score (nSPS) is 14.1. The van der Waals surface area contributed by atoms with Crippen molar-refractivity contribution in [1.29, 1.82) is 0 Å². The molecule has 0 bridgehead atoms. The van der Waals surface area contributed by atoms with E-state index in [1.165, 1.54) is 0 Å². The Morgan fingerprint density at radius 3 is 2.50 bits per heavy atom. The van der Waals surface area contributed by atoms with E-state index in [0.717, 1.165) is 12.8 Å². The molecule has 0 radical (unpaired) electrons. The van der Waals surface area contributed by atoms with Crippen LogP contribution in [-0.4, -0.2) is 31.2 Å². The summed E-state index contributed by atoms with van der Waals surface area (Å²) in [5.74, 6) is -1.39. The number of nitrogens with one attached hydrogen (secondary N) is 1. The Morgan fingerprint density at radius 1 is 1.25 bits per heavy atom. The van der Waals surface area contributed by atoms with Crippen molar-refractivity contribution < 1.29 is 23.9 Å². The zero-order valence-corrected chi connectivity index (χ0v) is 9.15. The first-order chi connectivity index (χ1) is 7.63. The molecule has 1 fully saturated rings. The van der Waals surface area contributed by atoms with E-state index in [2.05, 4.69) is 10.1 Å². The van der Waals surface area contributed by atoms with Gasteiger partial charge in [-0.3, -0.25) is 14.4 Å². The third-order valence-electron chi connectivity index (χ3n) is 2.00. The predicted molar refractivity (Wildman–Crippen MR) is 53.1 cm³/mol. The second-order valence-electron chi connectivity index (χ2n) is 3.46. The molecule has 0 saturated heterocycles. The lowest BCUT2D eigenvalue weighted by atomic mass is 10.4. The smallest absolute Gasteiger partial charge is 0.315 e. The number of carbonyl (C=O) groups excluding carboxylic acids is 3. The van der Waals surface area contributed by atoms with E-state index in [1.807, 2.05) is 0 Å². The molecule has 6 heteroatoms. The molecular formula is C10H15NO5. The number of rotatable bonds is 6. The molecule has 0 atom stereocenters. The molecule has 1 amide bonds. The zero-order valence-electron chi connectivity index (χ0n) is 9.15. The highest BCUT2D eigenvalue weighted by molar-refractivity contribution is 5.94. The summed E-state index contributed by atoms with van der Waals surface area (Å²) >= 11 is 0. The standard InChI is InChI=1S/C10H15NO5/c1-2-15-9(13)5-8(12)11-6-16-10(14)7-3-4-7/h7H,2-6H2,1H3,(H,11,12). The molecule has 1 aliphatic carbocycles. The van der Waals surface area contributed by atoms with Crippen LogP contribution in [0.15, 0.2) is 0 Å². The molecule has 1 N–H and O–H groups in total. The lowest BCUT2D eigenvalue weighted by molar-refractivity contribution is -0.148. The van der Waals surface area contributed by atoms with Crippen LogP contribution in [0.4, 0.5) is 0 Å².